The fourth-order valence-corrected chi connectivity index (χ4v) is 13.2. The Hall–Kier alpha value is -5.46. The van der Waals surface area contributed by atoms with Crippen molar-refractivity contribution in [3.63, 3.8) is 0 Å². The van der Waals surface area contributed by atoms with Crippen LogP contribution in [0.3, 0.4) is 0 Å². The van der Waals surface area contributed by atoms with Crippen molar-refractivity contribution in [1.29, 1.82) is 0 Å². The molecule has 55 heavy (non-hydrogen) atoms. The van der Waals surface area contributed by atoms with Gasteiger partial charge < -0.3 is 0 Å². The Kier molecular flexibility index (Phi) is 6.08. The van der Waals surface area contributed by atoms with Gasteiger partial charge in [-0.15, -0.1) is 0 Å². The highest BCUT2D eigenvalue weighted by Gasteiger charge is 2.49. The lowest BCUT2D eigenvalue weighted by Crippen LogP contribution is -2.26. The lowest BCUT2D eigenvalue weighted by molar-refractivity contribution is 0.550. The van der Waals surface area contributed by atoms with Gasteiger partial charge in [0.2, 0.25) is 0 Å². The highest BCUT2D eigenvalue weighted by atomic mass is 14.5. The minimum Gasteiger partial charge on any atom is -0.0620 e. The van der Waals surface area contributed by atoms with E-state index in [-0.39, 0.29) is 16.2 Å². The van der Waals surface area contributed by atoms with E-state index in [1.54, 1.807) is 22.3 Å². The topological polar surface area (TPSA) is 0 Å². The molecule has 3 spiro atoms. The molecule has 0 nitrogen and oxygen atoms in total. The van der Waals surface area contributed by atoms with Crippen LogP contribution in [0, 0.1) is 0 Å². The molecule has 6 aliphatic carbocycles. The molecule has 2 saturated carbocycles. The third-order valence-corrected chi connectivity index (χ3v) is 15.6. The number of rotatable bonds is 2. The van der Waals surface area contributed by atoms with Crippen LogP contribution >= 0.6 is 0 Å². The van der Waals surface area contributed by atoms with E-state index in [1.165, 1.54) is 129 Å². The van der Waals surface area contributed by atoms with Gasteiger partial charge in [-0.2, -0.15) is 0 Å². The Labute approximate surface area is 324 Å². The molecule has 0 aromatic heterocycles. The first-order valence-corrected chi connectivity index (χ1v) is 21.0. The molecule has 0 heteroatoms. The maximum atomic E-state index is 2.60. The van der Waals surface area contributed by atoms with Gasteiger partial charge in [-0.25, -0.2) is 0 Å². The summed E-state index contributed by atoms with van der Waals surface area (Å²) in [5, 5.41) is 0. The third kappa shape index (κ3) is 3.93. The predicted octanol–water partition coefficient (Wildman–Crippen LogP) is 13.8. The van der Waals surface area contributed by atoms with E-state index in [4.69, 9.17) is 0 Å². The monoisotopic (exact) mass is 704 g/mol. The lowest BCUT2D eigenvalue weighted by atomic mass is 9.74. The van der Waals surface area contributed by atoms with E-state index in [0.29, 0.717) is 0 Å². The van der Waals surface area contributed by atoms with E-state index < -0.39 is 0 Å². The van der Waals surface area contributed by atoms with Crippen molar-refractivity contribution < 1.29 is 0 Å². The van der Waals surface area contributed by atoms with Gasteiger partial charge in [0.1, 0.15) is 0 Å². The Balaban J connectivity index is 0.948. The number of hydrogen-bond acceptors (Lipinski definition) is 0. The van der Waals surface area contributed by atoms with Crippen LogP contribution in [-0.2, 0) is 29.1 Å². The van der Waals surface area contributed by atoms with Gasteiger partial charge in [-0.3, -0.25) is 0 Å². The summed E-state index contributed by atoms with van der Waals surface area (Å²) < 4.78 is 0. The van der Waals surface area contributed by atoms with Gasteiger partial charge in [-0.1, -0.05) is 147 Å². The first kappa shape index (κ1) is 30.8. The minimum absolute atomic E-state index is 0.0698. The number of fused-ring (bicyclic) bond motifs is 16. The van der Waals surface area contributed by atoms with Crippen molar-refractivity contribution in [2.45, 2.75) is 80.5 Å². The second kappa shape index (κ2) is 10.9. The zero-order chi connectivity index (χ0) is 35.9. The molecule has 0 N–H and O–H groups in total. The summed E-state index contributed by atoms with van der Waals surface area (Å²) in [4.78, 5) is 0. The molecule has 0 radical (unpaired) electrons. The maximum absolute atomic E-state index is 2.60. The molecule has 0 unspecified atom stereocenters. The smallest absolute Gasteiger partial charge is 0.0296 e. The van der Waals surface area contributed by atoms with Crippen molar-refractivity contribution in [2.75, 3.05) is 0 Å². The van der Waals surface area contributed by atoms with Crippen LogP contribution in [0.5, 0.6) is 0 Å². The van der Waals surface area contributed by atoms with Gasteiger partial charge in [-0.05, 0) is 163 Å². The molecule has 6 aliphatic rings. The molecule has 0 bridgehead atoms. The van der Waals surface area contributed by atoms with Crippen LogP contribution in [0.25, 0.3) is 55.6 Å². The lowest BCUT2D eigenvalue weighted by Gasteiger charge is -2.28. The quantitative estimate of drug-likeness (QED) is 0.168. The summed E-state index contributed by atoms with van der Waals surface area (Å²) in [6.45, 7) is 0. The van der Waals surface area contributed by atoms with E-state index in [2.05, 4.69) is 146 Å². The summed E-state index contributed by atoms with van der Waals surface area (Å²) in [5.74, 6) is 0. The summed E-state index contributed by atoms with van der Waals surface area (Å²) in [5.41, 5.74) is 26.7. The van der Waals surface area contributed by atoms with Gasteiger partial charge in [0.05, 0.1) is 0 Å². The molecular formula is C55H44. The molecule has 7 aromatic carbocycles. The fourth-order valence-electron chi connectivity index (χ4n) is 13.2. The first-order valence-electron chi connectivity index (χ1n) is 21.0. The molecule has 264 valence electrons. The van der Waals surface area contributed by atoms with Crippen LogP contribution in [0.1, 0.15) is 95.9 Å². The Morgan fingerprint density at radius 3 is 0.964 bits per heavy atom. The van der Waals surface area contributed by atoms with Crippen molar-refractivity contribution in [2.24, 2.45) is 0 Å². The summed E-state index contributed by atoms with van der Waals surface area (Å²) >= 11 is 0. The van der Waals surface area contributed by atoms with Gasteiger partial charge >= 0.3 is 0 Å². The van der Waals surface area contributed by atoms with Gasteiger partial charge in [0.25, 0.3) is 0 Å². The normalized spacial score (nSPS) is 19.0. The minimum atomic E-state index is -0.0698. The Bertz CT molecular complexity index is 2590. The molecule has 0 aliphatic heterocycles. The van der Waals surface area contributed by atoms with Crippen molar-refractivity contribution in [3.05, 3.63) is 190 Å². The fraction of sp³-hybridized carbons (Fsp3) is 0.236. The van der Waals surface area contributed by atoms with Crippen molar-refractivity contribution in [3.8, 4) is 55.6 Å². The highest BCUT2D eigenvalue weighted by Crippen LogP contribution is 2.60. The predicted molar refractivity (Wildman–Crippen MR) is 227 cm³/mol. The number of hydrogen-bond donors (Lipinski definition) is 0. The molecule has 0 amide bonds. The average molecular weight is 705 g/mol. The molecule has 0 atom stereocenters. The second-order valence-electron chi connectivity index (χ2n) is 17.9. The van der Waals surface area contributed by atoms with Crippen LogP contribution in [0.2, 0.25) is 0 Å². The second-order valence-corrected chi connectivity index (χ2v) is 17.9. The van der Waals surface area contributed by atoms with Crippen LogP contribution in [-0.4, -0.2) is 0 Å². The highest BCUT2D eigenvalue weighted by molar-refractivity contribution is 5.90. The summed E-state index contributed by atoms with van der Waals surface area (Å²) in [7, 11) is 0. The zero-order valence-corrected chi connectivity index (χ0v) is 31.4. The molecular weight excluding hydrogens is 661 g/mol. The molecule has 0 saturated heterocycles. The SMILES string of the molecule is c1ccc2c(c1)CC1(C2)c2cc(-c3ccc4c(c3)C3(CCCC3)c3ccccc3-4)ccc2-c2ccc(-c3ccc4c(c3)C3(CCCC3)c3ccccc3-4)cc21. The summed E-state index contributed by atoms with van der Waals surface area (Å²) in [6, 6.07) is 57.6. The van der Waals surface area contributed by atoms with E-state index >= 15 is 0 Å². The van der Waals surface area contributed by atoms with Crippen molar-refractivity contribution >= 4 is 0 Å². The van der Waals surface area contributed by atoms with Crippen LogP contribution in [0.15, 0.2) is 146 Å². The number of benzene rings is 7. The molecule has 0 heterocycles. The first-order chi connectivity index (χ1) is 27.2. The molecule has 13 rings (SSSR count). The van der Waals surface area contributed by atoms with Crippen LogP contribution < -0.4 is 0 Å². The van der Waals surface area contributed by atoms with Gasteiger partial charge in [0, 0.05) is 16.2 Å². The van der Waals surface area contributed by atoms with Crippen molar-refractivity contribution in [1.82, 2.24) is 0 Å². The molecule has 7 aromatic rings. The average Bonchev–Trinajstić information content (AvgIpc) is 4.11. The Morgan fingerprint density at radius 2 is 0.582 bits per heavy atom. The maximum Gasteiger partial charge on any atom is 0.0296 e. The van der Waals surface area contributed by atoms with Gasteiger partial charge in [0.15, 0.2) is 0 Å². The standard InChI is InChI=1S/C55H44/c1-2-12-40-34-55(33-39(40)11-1)51-31-37(35-17-21-43-41-13-3-5-15-47(41)53(49(43)29-35)25-7-8-26-53)19-23-45(51)46-24-20-38(32-52(46)55)36-18-22-44-42-14-4-6-16-48(42)54(50(44)30-36)27-9-10-28-54/h1-6,11-24,29-32H,7-10,25-28,33-34H2. The van der Waals surface area contributed by atoms with E-state index in [9.17, 15) is 0 Å². The largest absolute Gasteiger partial charge is 0.0620 e. The zero-order valence-electron chi connectivity index (χ0n) is 31.4. The third-order valence-electron chi connectivity index (χ3n) is 15.6. The van der Waals surface area contributed by atoms with E-state index in [1.807, 2.05) is 0 Å². The van der Waals surface area contributed by atoms with Crippen LogP contribution in [0.4, 0.5) is 0 Å². The molecule has 2 fully saturated rings. The Morgan fingerprint density at radius 1 is 0.273 bits per heavy atom. The van der Waals surface area contributed by atoms with E-state index in [0.717, 1.165) is 12.8 Å². The summed E-state index contributed by atoms with van der Waals surface area (Å²) in [6.07, 6.45) is 12.5.